The highest BCUT2D eigenvalue weighted by atomic mass is 32.2. The average molecular weight is 307 g/mol. The summed E-state index contributed by atoms with van der Waals surface area (Å²) in [5.41, 5.74) is 0.882. The molecular weight excluding hydrogens is 286 g/mol. The van der Waals surface area contributed by atoms with Crippen LogP contribution in [0.15, 0.2) is 30.5 Å². The van der Waals surface area contributed by atoms with E-state index in [4.69, 9.17) is 0 Å². The number of carbonyl (C=O) groups excluding carboxylic acids is 1. The SMILES string of the molecule is CSC[C@@](C)(O)CNC(=O)Nc1ccc2ccn(C)c2c1. The molecule has 0 bridgehead atoms. The zero-order valence-corrected chi connectivity index (χ0v) is 13.3. The fourth-order valence-corrected chi connectivity index (χ4v) is 2.87. The van der Waals surface area contributed by atoms with Gasteiger partial charge in [-0.1, -0.05) is 6.07 Å². The number of thioether (sulfide) groups is 1. The Morgan fingerprint density at radius 1 is 1.43 bits per heavy atom. The number of aliphatic hydroxyl groups is 1. The van der Waals surface area contributed by atoms with Gasteiger partial charge >= 0.3 is 6.03 Å². The van der Waals surface area contributed by atoms with Crippen molar-refractivity contribution in [2.45, 2.75) is 12.5 Å². The maximum atomic E-state index is 11.9. The Bertz CT molecular complexity index is 637. The number of anilines is 1. The van der Waals surface area contributed by atoms with E-state index in [9.17, 15) is 9.90 Å². The maximum Gasteiger partial charge on any atom is 0.319 e. The van der Waals surface area contributed by atoms with Crippen molar-refractivity contribution in [1.82, 2.24) is 9.88 Å². The number of fused-ring (bicyclic) bond motifs is 1. The van der Waals surface area contributed by atoms with Crippen LogP contribution in [-0.2, 0) is 7.05 Å². The summed E-state index contributed by atoms with van der Waals surface area (Å²) in [6.07, 6.45) is 3.90. The van der Waals surface area contributed by atoms with E-state index in [1.807, 2.05) is 48.3 Å². The van der Waals surface area contributed by atoms with Crippen LogP contribution >= 0.6 is 11.8 Å². The second-order valence-electron chi connectivity index (χ2n) is 5.44. The predicted octanol–water partition coefficient (Wildman–Crippen LogP) is 2.41. The number of urea groups is 1. The van der Waals surface area contributed by atoms with Gasteiger partial charge in [-0.3, -0.25) is 0 Å². The van der Waals surface area contributed by atoms with Gasteiger partial charge in [-0.2, -0.15) is 11.8 Å². The minimum Gasteiger partial charge on any atom is -0.387 e. The fourth-order valence-electron chi connectivity index (χ4n) is 2.15. The Morgan fingerprint density at radius 2 is 2.19 bits per heavy atom. The minimum atomic E-state index is -0.904. The molecule has 2 aromatic rings. The lowest BCUT2D eigenvalue weighted by Gasteiger charge is -2.22. The molecule has 5 nitrogen and oxygen atoms in total. The van der Waals surface area contributed by atoms with Crippen LogP contribution in [0.3, 0.4) is 0 Å². The molecule has 1 aromatic carbocycles. The third-order valence-corrected chi connectivity index (χ3v) is 4.14. The zero-order chi connectivity index (χ0) is 15.5. The Kier molecular flexibility index (Phi) is 4.80. The first-order chi connectivity index (χ1) is 9.91. The van der Waals surface area contributed by atoms with Crippen molar-refractivity contribution >= 4 is 34.4 Å². The Balaban J connectivity index is 1.96. The molecule has 0 spiro atoms. The van der Waals surface area contributed by atoms with Crippen LogP contribution in [0.2, 0.25) is 0 Å². The summed E-state index contributed by atoms with van der Waals surface area (Å²) in [5.74, 6) is 0.572. The number of rotatable bonds is 5. The van der Waals surface area contributed by atoms with Crippen LogP contribution in [0.1, 0.15) is 6.92 Å². The van der Waals surface area contributed by atoms with Crippen LogP contribution in [-0.4, -0.2) is 39.9 Å². The van der Waals surface area contributed by atoms with Crippen molar-refractivity contribution in [2.75, 3.05) is 23.9 Å². The molecule has 1 heterocycles. The van der Waals surface area contributed by atoms with Gasteiger partial charge in [0, 0.05) is 36.7 Å². The highest BCUT2D eigenvalue weighted by Crippen LogP contribution is 2.19. The number of benzene rings is 1. The molecule has 2 amide bonds. The van der Waals surface area contributed by atoms with Gasteiger partial charge in [0.1, 0.15) is 0 Å². The smallest absolute Gasteiger partial charge is 0.319 e. The van der Waals surface area contributed by atoms with Gasteiger partial charge in [-0.25, -0.2) is 4.79 Å². The van der Waals surface area contributed by atoms with Gasteiger partial charge in [-0.05, 0) is 36.8 Å². The zero-order valence-electron chi connectivity index (χ0n) is 12.5. The van der Waals surface area contributed by atoms with E-state index < -0.39 is 5.60 Å². The first kappa shape index (κ1) is 15.7. The molecule has 0 radical (unpaired) electrons. The first-order valence-electron chi connectivity index (χ1n) is 6.72. The quantitative estimate of drug-likeness (QED) is 0.795. The van der Waals surface area contributed by atoms with Crippen molar-refractivity contribution in [3.05, 3.63) is 30.5 Å². The van der Waals surface area contributed by atoms with E-state index >= 15 is 0 Å². The van der Waals surface area contributed by atoms with Gasteiger partial charge in [-0.15, -0.1) is 0 Å². The number of carbonyl (C=O) groups is 1. The van der Waals surface area contributed by atoms with Crippen molar-refractivity contribution in [3.8, 4) is 0 Å². The Labute approximate surface area is 128 Å². The first-order valence-corrected chi connectivity index (χ1v) is 8.12. The lowest BCUT2D eigenvalue weighted by Crippen LogP contribution is -2.43. The van der Waals surface area contributed by atoms with Crippen molar-refractivity contribution in [1.29, 1.82) is 0 Å². The molecule has 0 unspecified atom stereocenters. The van der Waals surface area contributed by atoms with Gasteiger partial charge in [0.15, 0.2) is 0 Å². The maximum absolute atomic E-state index is 11.9. The minimum absolute atomic E-state index is 0.214. The van der Waals surface area contributed by atoms with Crippen molar-refractivity contribution < 1.29 is 9.90 Å². The molecular formula is C15H21N3O2S. The fraction of sp³-hybridized carbons (Fsp3) is 0.400. The number of aryl methyl sites for hydroxylation is 1. The second-order valence-corrected chi connectivity index (χ2v) is 6.30. The van der Waals surface area contributed by atoms with E-state index in [2.05, 4.69) is 10.6 Å². The average Bonchev–Trinajstić information content (AvgIpc) is 2.78. The molecule has 0 fully saturated rings. The third kappa shape index (κ3) is 4.15. The molecule has 2 rings (SSSR count). The van der Waals surface area contributed by atoms with E-state index in [1.54, 1.807) is 18.7 Å². The van der Waals surface area contributed by atoms with Gasteiger partial charge in [0.05, 0.1) is 5.60 Å². The summed E-state index contributed by atoms with van der Waals surface area (Å²) in [4.78, 5) is 11.9. The van der Waals surface area contributed by atoms with Crippen molar-refractivity contribution in [2.24, 2.45) is 7.05 Å². The number of nitrogens with one attached hydrogen (secondary N) is 2. The van der Waals surface area contributed by atoms with Crippen LogP contribution in [0.25, 0.3) is 10.9 Å². The topological polar surface area (TPSA) is 66.3 Å². The van der Waals surface area contributed by atoms with E-state index in [1.165, 1.54) is 0 Å². The molecule has 114 valence electrons. The highest BCUT2D eigenvalue weighted by Gasteiger charge is 2.20. The summed E-state index contributed by atoms with van der Waals surface area (Å²) in [7, 11) is 1.96. The normalized spacial score (nSPS) is 13.9. The third-order valence-electron chi connectivity index (χ3n) is 3.23. The highest BCUT2D eigenvalue weighted by molar-refractivity contribution is 7.98. The van der Waals surface area contributed by atoms with E-state index in [0.717, 1.165) is 16.6 Å². The monoisotopic (exact) mass is 307 g/mol. The number of amides is 2. The largest absolute Gasteiger partial charge is 0.387 e. The van der Waals surface area contributed by atoms with Crippen molar-refractivity contribution in [3.63, 3.8) is 0 Å². The standard InChI is InChI=1S/C15H21N3O2S/c1-15(20,10-21-3)9-16-14(19)17-12-5-4-11-6-7-18(2)13(11)8-12/h4-8,20H,9-10H2,1-3H3,(H2,16,17,19)/t15-/m0/s1. The van der Waals surface area contributed by atoms with Gasteiger partial charge < -0.3 is 20.3 Å². The summed E-state index contributed by atoms with van der Waals surface area (Å²) < 4.78 is 2.00. The summed E-state index contributed by atoms with van der Waals surface area (Å²) in [5, 5.41) is 16.6. The summed E-state index contributed by atoms with van der Waals surface area (Å²) in [6, 6.07) is 7.47. The van der Waals surface area contributed by atoms with Crippen LogP contribution in [0.4, 0.5) is 10.5 Å². The number of nitrogens with zero attached hydrogens (tertiary/aromatic N) is 1. The lowest BCUT2D eigenvalue weighted by molar-refractivity contribution is 0.0876. The summed E-state index contributed by atoms with van der Waals surface area (Å²) in [6.45, 7) is 1.92. The number of aromatic nitrogens is 1. The molecule has 0 aliphatic rings. The second kappa shape index (κ2) is 6.41. The number of hydrogen-bond acceptors (Lipinski definition) is 3. The number of hydrogen-bond donors (Lipinski definition) is 3. The van der Waals surface area contributed by atoms with E-state index in [0.29, 0.717) is 5.75 Å². The van der Waals surface area contributed by atoms with Crippen LogP contribution < -0.4 is 10.6 Å². The molecule has 1 atom stereocenters. The van der Waals surface area contributed by atoms with Crippen LogP contribution in [0.5, 0.6) is 0 Å². The summed E-state index contributed by atoms with van der Waals surface area (Å²) >= 11 is 1.54. The predicted molar refractivity (Wildman–Crippen MR) is 88.9 cm³/mol. The molecule has 6 heteroatoms. The van der Waals surface area contributed by atoms with Gasteiger partial charge in [0.25, 0.3) is 0 Å². The molecule has 1 aromatic heterocycles. The Hall–Kier alpha value is -1.66. The molecule has 0 saturated carbocycles. The Morgan fingerprint density at radius 3 is 2.90 bits per heavy atom. The lowest BCUT2D eigenvalue weighted by atomic mass is 10.1. The molecule has 21 heavy (non-hydrogen) atoms. The van der Waals surface area contributed by atoms with Gasteiger partial charge in [0.2, 0.25) is 0 Å². The molecule has 0 aliphatic carbocycles. The molecule has 0 aliphatic heterocycles. The molecule has 0 saturated heterocycles. The van der Waals surface area contributed by atoms with Crippen LogP contribution in [0, 0.1) is 0 Å². The molecule has 3 N–H and O–H groups in total. The van der Waals surface area contributed by atoms with E-state index in [-0.39, 0.29) is 12.6 Å².